The van der Waals surface area contributed by atoms with Gasteiger partial charge < -0.3 is 0 Å². The monoisotopic (exact) mass is 308 g/mol. The van der Waals surface area contributed by atoms with Crippen molar-refractivity contribution in [1.29, 1.82) is 0 Å². The molecule has 0 nitrogen and oxygen atoms in total. The minimum absolute atomic E-state index is 1.18. The van der Waals surface area contributed by atoms with Gasteiger partial charge in [-0.25, -0.2) is 0 Å². The standard InChI is InChI=1S/C23H32/c1-2-3-4-5-6-7-8-9-10-11-12-15-21-18-19-22-16-13-14-17-23(22)20-21/h3-4,13-14,16-20H,2,5-12,15H2,1H3/b4-3+. The summed E-state index contributed by atoms with van der Waals surface area (Å²) in [5, 5.41) is 2.73. The largest absolute Gasteiger partial charge is 0.0888 e. The van der Waals surface area contributed by atoms with Crippen molar-refractivity contribution in [3.63, 3.8) is 0 Å². The van der Waals surface area contributed by atoms with Gasteiger partial charge in [0.05, 0.1) is 0 Å². The third kappa shape index (κ3) is 7.03. The molecule has 124 valence electrons. The van der Waals surface area contributed by atoms with Crippen LogP contribution in [0.4, 0.5) is 0 Å². The molecule has 0 aliphatic carbocycles. The van der Waals surface area contributed by atoms with E-state index in [1.807, 2.05) is 0 Å². The number of aryl methyl sites for hydroxylation is 1. The first-order valence-corrected chi connectivity index (χ1v) is 9.53. The Labute approximate surface area is 142 Å². The zero-order valence-electron chi connectivity index (χ0n) is 14.8. The summed E-state index contributed by atoms with van der Waals surface area (Å²) in [6, 6.07) is 15.6. The molecule has 2 rings (SSSR count). The number of fused-ring (bicyclic) bond motifs is 1. The lowest BCUT2D eigenvalue weighted by atomic mass is 10.0. The zero-order chi connectivity index (χ0) is 16.2. The highest BCUT2D eigenvalue weighted by Crippen LogP contribution is 2.18. The van der Waals surface area contributed by atoms with Crippen LogP contribution in [0.3, 0.4) is 0 Å². The van der Waals surface area contributed by atoms with E-state index < -0.39 is 0 Å². The van der Waals surface area contributed by atoms with Gasteiger partial charge in [-0.2, -0.15) is 0 Å². The quantitative estimate of drug-likeness (QED) is 0.298. The summed E-state index contributed by atoms with van der Waals surface area (Å²) >= 11 is 0. The van der Waals surface area contributed by atoms with Crippen LogP contribution in [0, 0.1) is 0 Å². The van der Waals surface area contributed by atoms with Crippen molar-refractivity contribution in [3.8, 4) is 0 Å². The predicted octanol–water partition coefficient (Wildman–Crippen LogP) is 7.47. The lowest BCUT2D eigenvalue weighted by molar-refractivity contribution is 0.581. The lowest BCUT2D eigenvalue weighted by Crippen LogP contribution is -1.87. The number of unbranched alkanes of at least 4 members (excludes halogenated alkanes) is 7. The molecule has 0 saturated heterocycles. The molecular weight excluding hydrogens is 276 g/mol. The van der Waals surface area contributed by atoms with Crippen molar-refractivity contribution >= 4 is 10.8 Å². The van der Waals surface area contributed by atoms with Crippen molar-refractivity contribution in [1.82, 2.24) is 0 Å². The fraction of sp³-hybridized carbons (Fsp3) is 0.478. The maximum Gasteiger partial charge on any atom is -0.0181 e. The third-order valence-corrected chi connectivity index (χ3v) is 4.55. The van der Waals surface area contributed by atoms with Crippen LogP contribution in [0.5, 0.6) is 0 Å². The molecule has 2 aromatic carbocycles. The van der Waals surface area contributed by atoms with Gasteiger partial charge in [0.2, 0.25) is 0 Å². The molecule has 0 fully saturated rings. The van der Waals surface area contributed by atoms with Crippen molar-refractivity contribution in [2.75, 3.05) is 0 Å². The van der Waals surface area contributed by atoms with E-state index in [1.54, 1.807) is 0 Å². The molecule has 0 heterocycles. The van der Waals surface area contributed by atoms with Crippen LogP contribution in [0.15, 0.2) is 54.6 Å². The first-order chi connectivity index (χ1) is 11.4. The molecule has 0 atom stereocenters. The molecule has 0 radical (unpaired) electrons. The molecular formula is C23H32. The van der Waals surface area contributed by atoms with E-state index in [4.69, 9.17) is 0 Å². The van der Waals surface area contributed by atoms with E-state index >= 15 is 0 Å². The Balaban J connectivity index is 1.52. The van der Waals surface area contributed by atoms with E-state index in [9.17, 15) is 0 Å². The molecule has 0 bridgehead atoms. The highest BCUT2D eigenvalue weighted by atomic mass is 14.0. The van der Waals surface area contributed by atoms with Gasteiger partial charge in [0.15, 0.2) is 0 Å². The summed E-state index contributed by atoms with van der Waals surface area (Å²) in [7, 11) is 0. The van der Waals surface area contributed by atoms with Crippen LogP contribution in [-0.2, 0) is 6.42 Å². The highest BCUT2D eigenvalue weighted by molar-refractivity contribution is 5.82. The summed E-state index contributed by atoms with van der Waals surface area (Å²) < 4.78 is 0. The van der Waals surface area contributed by atoms with Gasteiger partial charge in [0, 0.05) is 0 Å². The number of hydrogen-bond acceptors (Lipinski definition) is 0. The first-order valence-electron chi connectivity index (χ1n) is 9.53. The third-order valence-electron chi connectivity index (χ3n) is 4.55. The molecule has 0 unspecified atom stereocenters. The van der Waals surface area contributed by atoms with Gasteiger partial charge >= 0.3 is 0 Å². The number of hydrogen-bond donors (Lipinski definition) is 0. The van der Waals surface area contributed by atoms with Crippen LogP contribution in [-0.4, -0.2) is 0 Å². The Morgan fingerprint density at radius 1 is 0.696 bits per heavy atom. The first kappa shape index (κ1) is 17.8. The van der Waals surface area contributed by atoms with Crippen molar-refractivity contribution in [3.05, 3.63) is 60.2 Å². The number of benzene rings is 2. The smallest absolute Gasteiger partial charge is 0.0181 e. The average molecular weight is 309 g/mol. The van der Waals surface area contributed by atoms with E-state index in [0.29, 0.717) is 0 Å². The minimum atomic E-state index is 1.18. The predicted molar refractivity (Wildman–Crippen MR) is 104 cm³/mol. The van der Waals surface area contributed by atoms with Crippen LogP contribution in [0.25, 0.3) is 10.8 Å². The lowest BCUT2D eigenvalue weighted by Gasteiger charge is -2.04. The molecule has 0 heteroatoms. The topological polar surface area (TPSA) is 0 Å². The Morgan fingerprint density at radius 3 is 2.17 bits per heavy atom. The Hall–Kier alpha value is -1.56. The fourth-order valence-corrected chi connectivity index (χ4v) is 3.15. The van der Waals surface area contributed by atoms with Gasteiger partial charge in [-0.05, 0) is 48.4 Å². The zero-order valence-corrected chi connectivity index (χ0v) is 14.8. The van der Waals surface area contributed by atoms with Gasteiger partial charge in [0.25, 0.3) is 0 Å². The molecule has 2 aromatic rings. The Bertz CT molecular complexity index is 579. The molecule has 0 N–H and O–H groups in total. The molecule has 23 heavy (non-hydrogen) atoms. The second-order valence-electron chi connectivity index (χ2n) is 6.57. The van der Waals surface area contributed by atoms with E-state index in [2.05, 4.69) is 61.5 Å². The average Bonchev–Trinajstić information content (AvgIpc) is 2.59. The molecule has 0 amide bonds. The van der Waals surface area contributed by atoms with Gasteiger partial charge in [0.1, 0.15) is 0 Å². The normalized spacial score (nSPS) is 11.5. The molecule has 0 aliphatic heterocycles. The summed E-state index contributed by atoms with van der Waals surface area (Å²) in [4.78, 5) is 0. The summed E-state index contributed by atoms with van der Waals surface area (Å²) in [6.45, 7) is 2.20. The maximum absolute atomic E-state index is 2.36. The fourth-order valence-electron chi connectivity index (χ4n) is 3.15. The van der Waals surface area contributed by atoms with Crippen molar-refractivity contribution in [2.24, 2.45) is 0 Å². The van der Waals surface area contributed by atoms with Crippen molar-refractivity contribution in [2.45, 2.75) is 71.1 Å². The molecule has 0 spiro atoms. The van der Waals surface area contributed by atoms with Gasteiger partial charge in [-0.1, -0.05) is 93.6 Å². The van der Waals surface area contributed by atoms with Crippen LogP contribution in [0.2, 0.25) is 0 Å². The highest BCUT2D eigenvalue weighted by Gasteiger charge is 1.97. The number of rotatable bonds is 11. The van der Waals surface area contributed by atoms with Crippen LogP contribution >= 0.6 is 0 Å². The SMILES string of the molecule is CC/C=C/CCCCCCCCCc1ccc2ccccc2c1. The summed E-state index contributed by atoms with van der Waals surface area (Å²) in [5.74, 6) is 0. The second kappa shape index (κ2) is 11.0. The van der Waals surface area contributed by atoms with Crippen molar-refractivity contribution < 1.29 is 0 Å². The van der Waals surface area contributed by atoms with Crippen LogP contribution in [0.1, 0.15) is 70.3 Å². The summed E-state index contributed by atoms with van der Waals surface area (Å²) in [5.41, 5.74) is 1.49. The molecule has 0 aliphatic rings. The maximum atomic E-state index is 2.36. The van der Waals surface area contributed by atoms with Gasteiger partial charge in [-0.15, -0.1) is 0 Å². The van der Waals surface area contributed by atoms with E-state index in [-0.39, 0.29) is 0 Å². The number of allylic oxidation sites excluding steroid dienone is 2. The minimum Gasteiger partial charge on any atom is -0.0888 e. The summed E-state index contributed by atoms with van der Waals surface area (Å²) in [6.07, 6.45) is 18.0. The van der Waals surface area contributed by atoms with Gasteiger partial charge in [-0.3, -0.25) is 0 Å². The van der Waals surface area contributed by atoms with E-state index in [0.717, 1.165) is 0 Å². The second-order valence-corrected chi connectivity index (χ2v) is 6.57. The molecule has 0 aromatic heterocycles. The Kier molecular flexibility index (Phi) is 8.55. The molecule has 0 saturated carbocycles. The van der Waals surface area contributed by atoms with Crippen LogP contribution < -0.4 is 0 Å². The van der Waals surface area contributed by atoms with E-state index in [1.165, 1.54) is 80.5 Å². The Morgan fingerprint density at radius 2 is 1.39 bits per heavy atom.